The molecule has 1 aliphatic heterocycles. The molecule has 0 fully saturated rings. The smallest absolute Gasteiger partial charge is 0.355 e. The number of hydrogen-bond acceptors (Lipinski definition) is 3. The lowest BCUT2D eigenvalue weighted by Crippen LogP contribution is -3.05. The van der Waals surface area contributed by atoms with Crippen LogP contribution in [0.15, 0.2) is 36.1 Å². The van der Waals surface area contributed by atoms with Crippen molar-refractivity contribution < 1.29 is 19.2 Å². The standard InChI is InChI=1S/C22H36N2O3/c1-5-22(2)18-19(21(26)27-22)23-20(25)16-14-12-10-8-6-7-9-11-13-15-17-24(3)4/h6,8,10,12,18H,5,7,9,11,13-17H2,1-4H3,(H,23,25)/p+1/b8-6+,12-10-/t22-/m0/s1. The van der Waals surface area contributed by atoms with E-state index in [0.29, 0.717) is 19.3 Å². The summed E-state index contributed by atoms with van der Waals surface area (Å²) in [6.07, 6.45) is 17.8. The summed E-state index contributed by atoms with van der Waals surface area (Å²) < 4.78 is 5.26. The first-order valence-corrected chi connectivity index (χ1v) is 10.2. The highest BCUT2D eigenvalue weighted by Crippen LogP contribution is 2.26. The molecular formula is C22H37N2O3+. The van der Waals surface area contributed by atoms with Gasteiger partial charge < -0.3 is 15.0 Å². The minimum absolute atomic E-state index is 0.160. The Hall–Kier alpha value is -1.88. The Labute approximate surface area is 164 Å². The van der Waals surface area contributed by atoms with E-state index in [1.807, 2.05) is 32.1 Å². The SMILES string of the molecule is CC[C@@]1(C)C=C(NC(=O)CC/C=C\C=C\CCCCCC[NH+](C)C)C(=O)O1. The van der Waals surface area contributed by atoms with Crippen molar-refractivity contribution in [2.45, 2.75) is 70.8 Å². The van der Waals surface area contributed by atoms with Crippen molar-refractivity contribution in [2.24, 2.45) is 0 Å². The minimum Gasteiger partial charge on any atom is -0.450 e. The molecule has 0 aromatic heterocycles. The lowest BCUT2D eigenvalue weighted by atomic mass is 10.0. The lowest BCUT2D eigenvalue weighted by Gasteiger charge is -2.17. The fourth-order valence-corrected chi connectivity index (χ4v) is 2.79. The van der Waals surface area contributed by atoms with Crippen LogP contribution in [0.4, 0.5) is 0 Å². The number of ether oxygens (including phenoxy) is 1. The van der Waals surface area contributed by atoms with Crippen molar-refractivity contribution in [3.05, 3.63) is 36.1 Å². The van der Waals surface area contributed by atoms with Gasteiger partial charge in [-0.2, -0.15) is 0 Å². The van der Waals surface area contributed by atoms with Gasteiger partial charge in [0.2, 0.25) is 5.91 Å². The number of cyclic esters (lactones) is 1. The van der Waals surface area contributed by atoms with Crippen LogP contribution in [0.3, 0.4) is 0 Å². The van der Waals surface area contributed by atoms with Gasteiger partial charge in [0, 0.05) is 6.42 Å². The number of allylic oxidation sites excluding steroid dienone is 4. The summed E-state index contributed by atoms with van der Waals surface area (Å²) in [5, 5.41) is 2.65. The summed E-state index contributed by atoms with van der Waals surface area (Å²) >= 11 is 0. The number of carbonyl (C=O) groups excluding carboxylic acids is 2. The molecule has 0 spiro atoms. The van der Waals surface area contributed by atoms with Gasteiger partial charge in [0.1, 0.15) is 11.3 Å². The van der Waals surface area contributed by atoms with Crippen LogP contribution in [-0.4, -0.2) is 38.1 Å². The van der Waals surface area contributed by atoms with Gasteiger partial charge in [-0.1, -0.05) is 37.6 Å². The minimum atomic E-state index is -0.599. The van der Waals surface area contributed by atoms with E-state index >= 15 is 0 Å². The zero-order valence-corrected chi connectivity index (χ0v) is 17.5. The number of unbranched alkanes of at least 4 members (excludes halogenated alkanes) is 4. The van der Waals surface area contributed by atoms with E-state index in [9.17, 15) is 9.59 Å². The third kappa shape index (κ3) is 10.1. The highest BCUT2D eigenvalue weighted by molar-refractivity contribution is 5.96. The summed E-state index contributed by atoms with van der Waals surface area (Å²) in [4.78, 5) is 25.2. The second kappa shape index (κ2) is 12.5. The molecule has 1 aliphatic rings. The average Bonchev–Trinajstić information content (AvgIpc) is 2.90. The molecule has 1 atom stereocenters. The molecular weight excluding hydrogens is 340 g/mol. The maximum Gasteiger partial charge on any atom is 0.355 e. The van der Waals surface area contributed by atoms with E-state index in [4.69, 9.17) is 4.74 Å². The lowest BCUT2D eigenvalue weighted by molar-refractivity contribution is -0.858. The number of rotatable bonds is 13. The van der Waals surface area contributed by atoms with Crippen molar-refractivity contribution in [1.82, 2.24) is 5.32 Å². The van der Waals surface area contributed by atoms with Crippen LogP contribution >= 0.6 is 0 Å². The van der Waals surface area contributed by atoms with E-state index in [1.54, 1.807) is 6.08 Å². The van der Waals surface area contributed by atoms with Crippen LogP contribution in [0, 0.1) is 0 Å². The topological polar surface area (TPSA) is 59.8 Å². The Kier molecular flexibility index (Phi) is 10.7. The zero-order valence-electron chi connectivity index (χ0n) is 17.5. The molecule has 0 unspecified atom stereocenters. The Morgan fingerprint density at radius 1 is 1.15 bits per heavy atom. The molecule has 1 rings (SSSR count). The molecule has 0 aromatic rings. The molecule has 0 aromatic carbocycles. The van der Waals surface area contributed by atoms with Crippen molar-refractivity contribution >= 4 is 11.9 Å². The highest BCUT2D eigenvalue weighted by Gasteiger charge is 2.34. The maximum atomic E-state index is 11.9. The van der Waals surface area contributed by atoms with Crippen LogP contribution in [0.5, 0.6) is 0 Å². The number of amides is 1. The summed E-state index contributed by atoms with van der Waals surface area (Å²) in [5.74, 6) is -0.610. The molecule has 0 bridgehead atoms. The normalized spacial score (nSPS) is 19.9. The third-order valence-electron chi connectivity index (χ3n) is 4.69. The largest absolute Gasteiger partial charge is 0.450 e. The molecule has 1 heterocycles. The molecule has 0 aliphatic carbocycles. The number of hydrogen-bond donors (Lipinski definition) is 2. The van der Waals surface area contributed by atoms with E-state index in [0.717, 1.165) is 6.42 Å². The number of quaternary nitrogens is 1. The van der Waals surface area contributed by atoms with Gasteiger partial charge in [-0.3, -0.25) is 4.79 Å². The van der Waals surface area contributed by atoms with E-state index in [1.165, 1.54) is 37.1 Å². The molecule has 0 saturated heterocycles. The number of nitrogens with one attached hydrogen (secondary N) is 2. The predicted octanol–water partition coefficient (Wildman–Crippen LogP) is 2.70. The van der Waals surface area contributed by atoms with Crippen LogP contribution in [0.25, 0.3) is 0 Å². The van der Waals surface area contributed by atoms with E-state index in [2.05, 4.69) is 25.5 Å². The quantitative estimate of drug-likeness (QED) is 0.295. The van der Waals surface area contributed by atoms with Crippen molar-refractivity contribution in [3.8, 4) is 0 Å². The number of carbonyl (C=O) groups is 2. The average molecular weight is 378 g/mol. The predicted molar refractivity (Wildman–Crippen MR) is 109 cm³/mol. The monoisotopic (exact) mass is 377 g/mol. The molecule has 27 heavy (non-hydrogen) atoms. The van der Waals surface area contributed by atoms with Gasteiger partial charge in [-0.05, 0) is 51.5 Å². The van der Waals surface area contributed by atoms with Gasteiger partial charge in [-0.25, -0.2) is 4.79 Å². The molecule has 152 valence electrons. The van der Waals surface area contributed by atoms with Gasteiger partial charge in [0.05, 0.1) is 20.6 Å². The first-order valence-electron chi connectivity index (χ1n) is 10.2. The molecule has 2 N–H and O–H groups in total. The Bertz CT molecular complexity index is 564. The first-order chi connectivity index (χ1) is 12.9. The number of esters is 1. The summed E-state index contributed by atoms with van der Waals surface area (Å²) in [6.45, 7) is 5.03. The Morgan fingerprint density at radius 2 is 1.81 bits per heavy atom. The van der Waals surface area contributed by atoms with Crippen molar-refractivity contribution in [2.75, 3.05) is 20.6 Å². The Balaban J connectivity index is 2.10. The molecule has 5 nitrogen and oxygen atoms in total. The van der Waals surface area contributed by atoms with Gasteiger partial charge in [0.25, 0.3) is 0 Å². The second-order valence-electron chi connectivity index (χ2n) is 7.72. The zero-order chi connectivity index (χ0) is 20.1. The van der Waals surface area contributed by atoms with Crippen LogP contribution in [-0.2, 0) is 14.3 Å². The summed E-state index contributed by atoms with van der Waals surface area (Å²) in [7, 11) is 4.39. The van der Waals surface area contributed by atoms with E-state index < -0.39 is 11.6 Å². The molecule has 0 saturated carbocycles. The molecule has 0 radical (unpaired) electrons. The van der Waals surface area contributed by atoms with E-state index in [-0.39, 0.29) is 11.6 Å². The third-order valence-corrected chi connectivity index (χ3v) is 4.69. The molecule has 1 amide bonds. The molecule has 5 heteroatoms. The van der Waals surface area contributed by atoms with Gasteiger partial charge >= 0.3 is 5.97 Å². The first kappa shape index (κ1) is 23.2. The van der Waals surface area contributed by atoms with Crippen molar-refractivity contribution in [3.63, 3.8) is 0 Å². The second-order valence-corrected chi connectivity index (χ2v) is 7.72. The van der Waals surface area contributed by atoms with Crippen LogP contribution in [0.2, 0.25) is 0 Å². The van der Waals surface area contributed by atoms with Crippen molar-refractivity contribution in [1.29, 1.82) is 0 Å². The highest BCUT2D eigenvalue weighted by atomic mass is 16.6. The summed E-state index contributed by atoms with van der Waals surface area (Å²) in [6, 6.07) is 0. The van der Waals surface area contributed by atoms with Crippen LogP contribution < -0.4 is 10.2 Å². The fourth-order valence-electron chi connectivity index (χ4n) is 2.79. The van der Waals surface area contributed by atoms with Gasteiger partial charge in [-0.15, -0.1) is 0 Å². The van der Waals surface area contributed by atoms with Crippen LogP contribution in [0.1, 0.15) is 65.2 Å². The fraction of sp³-hybridized carbons (Fsp3) is 0.636. The summed E-state index contributed by atoms with van der Waals surface area (Å²) in [5.41, 5.74) is -0.335. The van der Waals surface area contributed by atoms with Gasteiger partial charge in [0.15, 0.2) is 0 Å². The maximum absolute atomic E-state index is 11.9. The Morgan fingerprint density at radius 3 is 2.44 bits per heavy atom.